The highest BCUT2D eigenvalue weighted by Gasteiger charge is 2.57. The van der Waals surface area contributed by atoms with Crippen LogP contribution < -0.4 is 0 Å². The van der Waals surface area contributed by atoms with E-state index < -0.39 is 16.8 Å². The molecule has 0 aromatic heterocycles. The Labute approximate surface area is 69.6 Å². The molecule has 0 aromatic rings. The van der Waals surface area contributed by atoms with Crippen molar-refractivity contribution in [3.63, 3.8) is 0 Å². The van der Waals surface area contributed by atoms with Crippen LogP contribution in [0.2, 0.25) is 0 Å². The van der Waals surface area contributed by atoms with Crippen molar-refractivity contribution in [3.8, 4) is 0 Å². The van der Waals surface area contributed by atoms with Crippen molar-refractivity contribution < 1.29 is 28.9 Å². The van der Waals surface area contributed by atoms with E-state index in [9.17, 15) is 13.2 Å². The number of hydrogen-bond acceptors (Lipinski definition) is 2. The van der Waals surface area contributed by atoms with Gasteiger partial charge in [0.1, 0.15) is 0 Å². The second kappa shape index (κ2) is 3.77. The number of hydrogen-bond donors (Lipinski definition) is 2. The second-order valence-corrected chi connectivity index (χ2v) is 2.62. The lowest BCUT2D eigenvalue weighted by Gasteiger charge is -2.24. The van der Waals surface area contributed by atoms with Gasteiger partial charge in [0.05, 0.1) is 0 Å². The van der Waals surface area contributed by atoms with Gasteiger partial charge >= 0.3 is 6.18 Å². The molecule has 0 heterocycles. The predicted molar refractivity (Wildman–Crippen MR) is 32.3 cm³/mol. The van der Waals surface area contributed by atoms with Gasteiger partial charge in [0.25, 0.3) is 5.79 Å². The lowest BCUT2D eigenvalue weighted by atomic mass is 10.3. The maximum absolute atomic E-state index is 11.4. The maximum Gasteiger partial charge on any atom is 0.445 e. The van der Waals surface area contributed by atoms with Crippen molar-refractivity contribution in [1.82, 2.24) is 0 Å². The summed E-state index contributed by atoms with van der Waals surface area (Å²) in [6.07, 6.45) is -5.23. The Morgan fingerprint density at radius 1 is 1.09 bits per heavy atom. The van der Waals surface area contributed by atoms with E-state index in [0.717, 1.165) is 0 Å². The molecule has 0 fully saturated rings. The molecule has 0 aromatic carbocycles. The highest BCUT2D eigenvalue weighted by molar-refractivity contribution is 6.45. The fourth-order valence-electron chi connectivity index (χ4n) is 0.124. The third kappa shape index (κ3) is 3.00. The first-order chi connectivity index (χ1) is 4.19. The summed E-state index contributed by atoms with van der Waals surface area (Å²) < 4.78 is 34.2. The van der Waals surface area contributed by atoms with Gasteiger partial charge in [-0.3, -0.25) is 0 Å². The molecule has 0 amide bonds. The van der Waals surface area contributed by atoms with E-state index in [0.29, 0.717) is 0 Å². The number of alkyl halides is 5. The minimum Gasteiger partial charge on any atom is -0.412 e. The van der Waals surface area contributed by atoms with Crippen molar-refractivity contribution in [2.24, 2.45) is 0 Å². The van der Waals surface area contributed by atoms with Crippen molar-refractivity contribution in [1.29, 1.82) is 0 Å². The number of aliphatic hydroxyl groups is 2. The monoisotopic (exact) mass is 216 g/mol. The topological polar surface area (TPSA) is 72.0 Å². The zero-order valence-electron chi connectivity index (χ0n) is 4.86. The average molecular weight is 217 g/mol. The molecule has 0 unspecified atom stereocenters. The van der Waals surface area contributed by atoms with Crippen LogP contribution in [-0.2, 0) is 0 Å². The number of rotatable bonds is 1. The Hall–Kier alpha value is 0.250. The van der Waals surface area contributed by atoms with Crippen LogP contribution in [0.15, 0.2) is 0 Å². The minimum absolute atomic E-state index is 0. The minimum atomic E-state index is -5.23. The van der Waals surface area contributed by atoms with Crippen LogP contribution in [0.25, 0.3) is 0 Å². The summed E-state index contributed by atoms with van der Waals surface area (Å²) in [5.74, 6) is -4.03. The summed E-state index contributed by atoms with van der Waals surface area (Å²) in [5.41, 5.74) is 0. The largest absolute Gasteiger partial charge is 0.445 e. The molecule has 0 aliphatic rings. The smallest absolute Gasteiger partial charge is 0.412 e. The van der Waals surface area contributed by atoms with Gasteiger partial charge < -0.3 is 15.7 Å². The molecule has 0 radical (unpaired) electrons. The van der Waals surface area contributed by atoms with Crippen molar-refractivity contribution in [2.45, 2.75) is 16.8 Å². The molecule has 70 valence electrons. The van der Waals surface area contributed by atoms with Crippen LogP contribution in [0.3, 0.4) is 0 Å². The Kier molecular flexibility index (Phi) is 4.74. The zero-order chi connectivity index (χ0) is 8.58. The summed E-state index contributed by atoms with van der Waals surface area (Å²) in [6.45, 7) is 0. The van der Waals surface area contributed by atoms with Gasteiger partial charge in [0, 0.05) is 0 Å². The molecule has 8 heteroatoms. The molecule has 0 spiro atoms. The summed E-state index contributed by atoms with van der Waals surface area (Å²) in [6, 6.07) is 0. The summed E-state index contributed by atoms with van der Waals surface area (Å²) in [7, 11) is 0. The third-order valence-corrected chi connectivity index (χ3v) is 1.33. The standard InChI is InChI=1S/C3H3Cl2F3O2.H2O/c4-1(5)2(9,10)3(6,7)8;/h1,9-10H;1H2. The van der Waals surface area contributed by atoms with Crippen LogP contribution >= 0.6 is 23.2 Å². The molecule has 0 bridgehead atoms. The Bertz CT molecular complexity index is 123. The van der Waals surface area contributed by atoms with E-state index in [1.165, 1.54) is 0 Å². The Morgan fingerprint density at radius 2 is 1.36 bits per heavy atom. The van der Waals surface area contributed by atoms with Gasteiger partial charge in [-0.25, -0.2) is 0 Å². The third-order valence-electron chi connectivity index (χ3n) is 0.721. The molecule has 3 nitrogen and oxygen atoms in total. The van der Waals surface area contributed by atoms with Crippen molar-refractivity contribution in [2.75, 3.05) is 0 Å². The molecule has 11 heavy (non-hydrogen) atoms. The SMILES string of the molecule is O.OC(O)(C(Cl)Cl)C(F)(F)F. The first-order valence-electron chi connectivity index (χ1n) is 1.99. The highest BCUT2D eigenvalue weighted by Crippen LogP contribution is 2.34. The van der Waals surface area contributed by atoms with Gasteiger partial charge in [-0.2, -0.15) is 13.2 Å². The van der Waals surface area contributed by atoms with E-state index in [1.54, 1.807) is 0 Å². The molecule has 0 saturated heterocycles. The molecular weight excluding hydrogens is 212 g/mol. The highest BCUT2D eigenvalue weighted by atomic mass is 35.5. The molecule has 0 saturated carbocycles. The maximum atomic E-state index is 11.4. The zero-order valence-corrected chi connectivity index (χ0v) is 6.37. The average Bonchev–Trinajstić information content (AvgIpc) is 1.62. The molecular formula is C3H5Cl2F3O3. The fourth-order valence-corrected chi connectivity index (χ4v) is 0.371. The van der Waals surface area contributed by atoms with Crippen LogP contribution in [0.5, 0.6) is 0 Å². The lowest BCUT2D eigenvalue weighted by Crippen LogP contribution is -2.50. The molecule has 0 aliphatic heterocycles. The van der Waals surface area contributed by atoms with Crippen LogP contribution in [0, 0.1) is 0 Å². The van der Waals surface area contributed by atoms with Crippen LogP contribution in [-0.4, -0.2) is 32.5 Å². The van der Waals surface area contributed by atoms with Gasteiger partial charge in [-0.1, -0.05) is 23.2 Å². The van der Waals surface area contributed by atoms with E-state index in [1.807, 2.05) is 0 Å². The van der Waals surface area contributed by atoms with Crippen molar-refractivity contribution >= 4 is 23.2 Å². The lowest BCUT2D eigenvalue weighted by molar-refractivity contribution is -0.341. The summed E-state index contributed by atoms with van der Waals surface area (Å²) in [5, 5.41) is 16.2. The fraction of sp³-hybridized carbons (Fsp3) is 1.00. The van der Waals surface area contributed by atoms with Crippen molar-refractivity contribution in [3.05, 3.63) is 0 Å². The summed E-state index contributed by atoms with van der Waals surface area (Å²) >= 11 is 9.20. The van der Waals surface area contributed by atoms with E-state index in [-0.39, 0.29) is 5.48 Å². The van der Waals surface area contributed by atoms with Crippen LogP contribution in [0.1, 0.15) is 0 Å². The van der Waals surface area contributed by atoms with Gasteiger partial charge in [-0.05, 0) is 0 Å². The van der Waals surface area contributed by atoms with E-state index in [2.05, 4.69) is 23.2 Å². The van der Waals surface area contributed by atoms with E-state index >= 15 is 0 Å². The van der Waals surface area contributed by atoms with E-state index in [4.69, 9.17) is 10.2 Å². The van der Waals surface area contributed by atoms with Crippen LogP contribution in [0.4, 0.5) is 13.2 Å². The van der Waals surface area contributed by atoms with Gasteiger partial charge in [0.2, 0.25) is 0 Å². The number of halogens is 5. The quantitative estimate of drug-likeness (QED) is 0.486. The Morgan fingerprint density at radius 3 is 1.36 bits per heavy atom. The summed E-state index contributed by atoms with van der Waals surface area (Å²) in [4.78, 5) is -2.31. The molecule has 0 rings (SSSR count). The van der Waals surface area contributed by atoms with Gasteiger partial charge in [-0.15, -0.1) is 0 Å². The normalized spacial score (nSPS) is 13.1. The first-order valence-corrected chi connectivity index (χ1v) is 2.86. The first kappa shape index (κ1) is 13.8. The molecule has 4 N–H and O–H groups in total. The Balaban J connectivity index is 0. The second-order valence-electron chi connectivity index (χ2n) is 1.52. The molecule has 0 aliphatic carbocycles. The predicted octanol–water partition coefficient (Wildman–Crippen LogP) is 0.209. The van der Waals surface area contributed by atoms with Gasteiger partial charge in [0.15, 0.2) is 4.84 Å². The molecule has 0 atom stereocenters.